The Balaban J connectivity index is 2.00. The van der Waals surface area contributed by atoms with Crippen molar-refractivity contribution in [1.29, 1.82) is 0 Å². The standard InChI is InChI=1S/C16H31NO2/c1-4-18-15(2,3)14(17)13-8-11-19-16(12-13)9-6-5-7-10-16/h13-14H,4-12,17H2,1-3H3. The van der Waals surface area contributed by atoms with Gasteiger partial charge in [0.1, 0.15) is 0 Å². The summed E-state index contributed by atoms with van der Waals surface area (Å²) in [5, 5.41) is 0. The lowest BCUT2D eigenvalue weighted by Crippen LogP contribution is -2.54. The maximum atomic E-state index is 6.52. The van der Waals surface area contributed by atoms with E-state index in [4.69, 9.17) is 15.2 Å². The van der Waals surface area contributed by atoms with Gasteiger partial charge in [0.15, 0.2) is 0 Å². The molecule has 2 N–H and O–H groups in total. The molecule has 1 aliphatic carbocycles. The molecule has 2 rings (SSSR count). The first-order chi connectivity index (χ1) is 8.99. The molecule has 2 atom stereocenters. The summed E-state index contributed by atoms with van der Waals surface area (Å²) < 4.78 is 12.0. The molecule has 1 saturated heterocycles. The topological polar surface area (TPSA) is 44.5 Å². The van der Waals surface area contributed by atoms with Crippen LogP contribution in [0.3, 0.4) is 0 Å². The van der Waals surface area contributed by atoms with Gasteiger partial charge in [0.25, 0.3) is 0 Å². The summed E-state index contributed by atoms with van der Waals surface area (Å²) in [4.78, 5) is 0. The molecule has 1 spiro atoms. The lowest BCUT2D eigenvalue weighted by atomic mass is 9.72. The van der Waals surface area contributed by atoms with Gasteiger partial charge in [-0.25, -0.2) is 0 Å². The normalized spacial score (nSPS) is 29.4. The van der Waals surface area contributed by atoms with E-state index in [-0.39, 0.29) is 17.2 Å². The highest BCUT2D eigenvalue weighted by Crippen LogP contribution is 2.42. The van der Waals surface area contributed by atoms with E-state index >= 15 is 0 Å². The molecule has 112 valence electrons. The number of hydrogen-bond donors (Lipinski definition) is 1. The summed E-state index contributed by atoms with van der Waals surface area (Å²) in [5.41, 5.74) is 6.43. The molecule has 0 aromatic rings. The van der Waals surface area contributed by atoms with Gasteiger partial charge in [0, 0.05) is 19.3 Å². The Morgan fingerprint density at radius 1 is 1.32 bits per heavy atom. The molecule has 2 fully saturated rings. The third kappa shape index (κ3) is 3.50. The molecule has 2 aliphatic rings. The first kappa shape index (κ1) is 15.3. The van der Waals surface area contributed by atoms with Gasteiger partial charge in [0.05, 0.1) is 11.2 Å². The van der Waals surface area contributed by atoms with Crippen molar-refractivity contribution in [3.8, 4) is 0 Å². The van der Waals surface area contributed by atoms with Crippen LogP contribution in [0.4, 0.5) is 0 Å². The minimum atomic E-state index is -0.230. The lowest BCUT2D eigenvalue weighted by Gasteiger charge is -2.47. The molecule has 0 aromatic carbocycles. The smallest absolute Gasteiger partial charge is 0.0779 e. The van der Waals surface area contributed by atoms with Crippen LogP contribution in [0.25, 0.3) is 0 Å². The highest BCUT2D eigenvalue weighted by Gasteiger charge is 2.43. The van der Waals surface area contributed by atoms with Crippen molar-refractivity contribution in [2.75, 3.05) is 13.2 Å². The molecular formula is C16H31NO2. The minimum Gasteiger partial charge on any atom is -0.375 e. The highest BCUT2D eigenvalue weighted by atomic mass is 16.5. The Bertz CT molecular complexity index is 279. The zero-order valence-electron chi connectivity index (χ0n) is 12.9. The van der Waals surface area contributed by atoms with Crippen molar-refractivity contribution in [2.24, 2.45) is 11.7 Å². The predicted molar refractivity (Wildman–Crippen MR) is 78.2 cm³/mol. The number of ether oxygens (including phenoxy) is 2. The second-order valence-electron chi connectivity index (χ2n) is 6.91. The Labute approximate surface area is 118 Å². The van der Waals surface area contributed by atoms with Crippen LogP contribution in [-0.2, 0) is 9.47 Å². The Hall–Kier alpha value is -0.120. The van der Waals surface area contributed by atoms with E-state index in [1.54, 1.807) is 0 Å². The maximum absolute atomic E-state index is 6.52. The summed E-state index contributed by atoms with van der Waals surface area (Å²) >= 11 is 0. The van der Waals surface area contributed by atoms with Gasteiger partial charge in [-0.2, -0.15) is 0 Å². The van der Waals surface area contributed by atoms with Gasteiger partial charge in [-0.05, 0) is 52.4 Å². The van der Waals surface area contributed by atoms with Gasteiger partial charge in [-0.1, -0.05) is 19.3 Å². The monoisotopic (exact) mass is 269 g/mol. The molecular weight excluding hydrogens is 238 g/mol. The minimum absolute atomic E-state index is 0.107. The predicted octanol–water partition coefficient (Wildman–Crippen LogP) is 3.26. The molecule has 3 heteroatoms. The molecule has 3 nitrogen and oxygen atoms in total. The van der Waals surface area contributed by atoms with E-state index in [0.717, 1.165) is 26.1 Å². The van der Waals surface area contributed by atoms with Crippen LogP contribution in [0.5, 0.6) is 0 Å². The summed E-state index contributed by atoms with van der Waals surface area (Å²) in [5.74, 6) is 0.536. The van der Waals surface area contributed by atoms with E-state index in [1.807, 2.05) is 6.92 Å². The van der Waals surface area contributed by atoms with E-state index in [0.29, 0.717) is 5.92 Å². The van der Waals surface area contributed by atoms with Crippen LogP contribution < -0.4 is 5.73 Å². The highest BCUT2D eigenvalue weighted by molar-refractivity contribution is 4.96. The van der Waals surface area contributed by atoms with Gasteiger partial charge < -0.3 is 15.2 Å². The summed E-state index contributed by atoms with van der Waals surface area (Å²) in [6, 6.07) is 0.107. The third-order valence-corrected chi connectivity index (χ3v) is 5.12. The first-order valence-electron chi connectivity index (χ1n) is 8.03. The zero-order chi connectivity index (χ0) is 13.9. The fourth-order valence-corrected chi connectivity index (χ4v) is 3.95. The fraction of sp³-hybridized carbons (Fsp3) is 1.00. The van der Waals surface area contributed by atoms with Gasteiger partial charge in [-0.15, -0.1) is 0 Å². The molecule has 0 aromatic heterocycles. The average Bonchev–Trinajstić information content (AvgIpc) is 2.39. The van der Waals surface area contributed by atoms with Crippen LogP contribution in [0.1, 0.15) is 65.7 Å². The quantitative estimate of drug-likeness (QED) is 0.852. The number of rotatable bonds is 4. The lowest BCUT2D eigenvalue weighted by molar-refractivity contribution is -0.135. The van der Waals surface area contributed by atoms with Crippen LogP contribution >= 0.6 is 0 Å². The number of hydrogen-bond acceptors (Lipinski definition) is 3. The van der Waals surface area contributed by atoms with Crippen molar-refractivity contribution in [2.45, 2.75) is 83.0 Å². The van der Waals surface area contributed by atoms with Crippen LogP contribution in [-0.4, -0.2) is 30.5 Å². The summed E-state index contributed by atoms with van der Waals surface area (Å²) in [6.07, 6.45) is 8.67. The van der Waals surface area contributed by atoms with E-state index in [1.165, 1.54) is 32.1 Å². The molecule has 2 unspecified atom stereocenters. The van der Waals surface area contributed by atoms with Crippen LogP contribution in [0.15, 0.2) is 0 Å². The second kappa shape index (κ2) is 6.11. The molecule has 0 bridgehead atoms. The Kier molecular flexibility index (Phi) is 4.91. The van der Waals surface area contributed by atoms with Crippen molar-refractivity contribution < 1.29 is 9.47 Å². The van der Waals surface area contributed by atoms with Gasteiger partial charge in [0.2, 0.25) is 0 Å². The SMILES string of the molecule is CCOC(C)(C)C(N)C1CCOC2(CCCCC2)C1. The molecule has 0 radical (unpaired) electrons. The zero-order valence-corrected chi connectivity index (χ0v) is 12.9. The Morgan fingerprint density at radius 3 is 2.63 bits per heavy atom. The van der Waals surface area contributed by atoms with Crippen molar-refractivity contribution >= 4 is 0 Å². The van der Waals surface area contributed by atoms with E-state index < -0.39 is 0 Å². The average molecular weight is 269 g/mol. The summed E-state index contributed by atoms with van der Waals surface area (Å²) in [6.45, 7) is 7.91. The van der Waals surface area contributed by atoms with Crippen molar-refractivity contribution in [1.82, 2.24) is 0 Å². The molecule has 0 amide bonds. The van der Waals surface area contributed by atoms with E-state index in [2.05, 4.69) is 13.8 Å². The maximum Gasteiger partial charge on any atom is 0.0779 e. The van der Waals surface area contributed by atoms with Gasteiger partial charge >= 0.3 is 0 Å². The van der Waals surface area contributed by atoms with Crippen LogP contribution in [0.2, 0.25) is 0 Å². The van der Waals surface area contributed by atoms with Crippen molar-refractivity contribution in [3.63, 3.8) is 0 Å². The van der Waals surface area contributed by atoms with Crippen LogP contribution in [0, 0.1) is 5.92 Å². The molecule has 1 saturated carbocycles. The third-order valence-electron chi connectivity index (χ3n) is 5.12. The molecule has 1 aliphatic heterocycles. The van der Waals surface area contributed by atoms with Crippen molar-refractivity contribution in [3.05, 3.63) is 0 Å². The fourth-order valence-electron chi connectivity index (χ4n) is 3.95. The second-order valence-corrected chi connectivity index (χ2v) is 6.91. The molecule has 1 heterocycles. The largest absolute Gasteiger partial charge is 0.375 e. The van der Waals surface area contributed by atoms with Gasteiger partial charge in [-0.3, -0.25) is 0 Å². The van der Waals surface area contributed by atoms with E-state index in [9.17, 15) is 0 Å². The Morgan fingerprint density at radius 2 is 2.00 bits per heavy atom. The number of nitrogens with two attached hydrogens (primary N) is 1. The molecule has 19 heavy (non-hydrogen) atoms. The first-order valence-corrected chi connectivity index (χ1v) is 8.03. The summed E-state index contributed by atoms with van der Waals surface area (Å²) in [7, 11) is 0.